The van der Waals surface area contributed by atoms with Crippen molar-refractivity contribution in [3.63, 3.8) is 0 Å². The highest BCUT2D eigenvalue weighted by atomic mass is 32.1. The van der Waals surface area contributed by atoms with Crippen molar-refractivity contribution in [3.05, 3.63) is 75.3 Å². The summed E-state index contributed by atoms with van der Waals surface area (Å²) in [6.45, 7) is 1.51. The number of aldehydes is 1. The molecule has 0 aliphatic rings. The van der Waals surface area contributed by atoms with Gasteiger partial charge in [-0.15, -0.1) is 11.3 Å². The number of hydrogen-bond donors (Lipinski definition) is 0. The molecule has 28 heavy (non-hydrogen) atoms. The lowest BCUT2D eigenvalue weighted by molar-refractivity contribution is -0.384. The van der Waals surface area contributed by atoms with Crippen molar-refractivity contribution < 1.29 is 19.2 Å². The van der Waals surface area contributed by atoms with Crippen molar-refractivity contribution in [1.82, 2.24) is 4.98 Å². The summed E-state index contributed by atoms with van der Waals surface area (Å²) in [5.41, 5.74) is 1.16. The van der Waals surface area contributed by atoms with Gasteiger partial charge in [-0.25, -0.2) is 4.98 Å². The van der Waals surface area contributed by atoms with E-state index in [-0.39, 0.29) is 29.5 Å². The zero-order chi connectivity index (χ0) is 20.1. The lowest BCUT2D eigenvalue weighted by Crippen LogP contribution is -2.22. The van der Waals surface area contributed by atoms with Gasteiger partial charge in [-0.3, -0.25) is 24.6 Å². The van der Waals surface area contributed by atoms with Gasteiger partial charge in [0.15, 0.2) is 11.4 Å². The van der Waals surface area contributed by atoms with Gasteiger partial charge in [-0.1, -0.05) is 18.2 Å². The van der Waals surface area contributed by atoms with E-state index in [9.17, 15) is 19.7 Å². The standard InChI is InChI=1S/C19H15N3O5S/c1-13(24)21(16-5-3-2-4-6-16)19-20-15(12-28-19)11-27-18-8-7-17(22(25)26)9-14(18)10-23/h2-10,12H,11H2,1H3. The van der Waals surface area contributed by atoms with Gasteiger partial charge in [0.05, 0.1) is 21.9 Å². The van der Waals surface area contributed by atoms with Crippen LogP contribution in [0.2, 0.25) is 0 Å². The molecular weight excluding hydrogens is 382 g/mol. The molecule has 0 unspecified atom stereocenters. The molecule has 0 fully saturated rings. The molecule has 1 aromatic heterocycles. The molecule has 3 aromatic rings. The Morgan fingerprint density at radius 1 is 1.29 bits per heavy atom. The van der Waals surface area contributed by atoms with Crippen molar-refractivity contribution in [1.29, 1.82) is 0 Å². The fourth-order valence-corrected chi connectivity index (χ4v) is 3.37. The van der Waals surface area contributed by atoms with Gasteiger partial charge in [0.1, 0.15) is 12.4 Å². The molecule has 1 amide bonds. The van der Waals surface area contributed by atoms with Crippen molar-refractivity contribution >= 4 is 40.0 Å². The molecule has 0 atom stereocenters. The van der Waals surface area contributed by atoms with Crippen LogP contribution in [0.3, 0.4) is 0 Å². The second-order valence-corrected chi connectivity index (χ2v) is 6.53. The highest BCUT2D eigenvalue weighted by Crippen LogP contribution is 2.29. The number of rotatable bonds is 7. The summed E-state index contributed by atoms with van der Waals surface area (Å²) in [6.07, 6.45) is 0.502. The Kier molecular flexibility index (Phi) is 5.75. The summed E-state index contributed by atoms with van der Waals surface area (Å²) in [7, 11) is 0. The maximum absolute atomic E-state index is 12.1. The molecule has 1 heterocycles. The van der Waals surface area contributed by atoms with Crippen LogP contribution in [0.5, 0.6) is 5.75 Å². The van der Waals surface area contributed by atoms with Crippen LogP contribution in [-0.4, -0.2) is 22.1 Å². The van der Waals surface area contributed by atoms with Crippen LogP contribution in [0.25, 0.3) is 0 Å². The molecule has 142 valence electrons. The number of aromatic nitrogens is 1. The number of para-hydroxylation sites is 1. The molecular formula is C19H15N3O5S. The van der Waals surface area contributed by atoms with E-state index in [1.54, 1.807) is 5.38 Å². The zero-order valence-electron chi connectivity index (χ0n) is 14.8. The summed E-state index contributed by atoms with van der Waals surface area (Å²) >= 11 is 1.29. The fourth-order valence-electron chi connectivity index (χ4n) is 2.49. The normalized spacial score (nSPS) is 10.3. The Balaban J connectivity index is 1.77. The summed E-state index contributed by atoms with van der Waals surface area (Å²) in [5.74, 6) is 0.0493. The molecule has 0 saturated carbocycles. The van der Waals surface area contributed by atoms with Gasteiger partial charge in [0.25, 0.3) is 5.69 Å². The second-order valence-electron chi connectivity index (χ2n) is 5.70. The summed E-state index contributed by atoms with van der Waals surface area (Å²) in [4.78, 5) is 39.4. The summed E-state index contributed by atoms with van der Waals surface area (Å²) in [5, 5.41) is 13.1. The number of carbonyl (C=O) groups is 2. The maximum atomic E-state index is 12.1. The van der Waals surface area contributed by atoms with Crippen LogP contribution in [-0.2, 0) is 11.4 Å². The molecule has 0 saturated heterocycles. The van der Waals surface area contributed by atoms with Gasteiger partial charge in [0.2, 0.25) is 5.91 Å². The van der Waals surface area contributed by atoms with Gasteiger partial charge in [-0.2, -0.15) is 0 Å². The predicted molar refractivity (Wildman–Crippen MR) is 104 cm³/mol. The Morgan fingerprint density at radius 2 is 2.04 bits per heavy atom. The number of thiazole rings is 1. The Labute approximate surface area is 164 Å². The Morgan fingerprint density at radius 3 is 2.68 bits per heavy atom. The molecule has 0 radical (unpaired) electrons. The largest absolute Gasteiger partial charge is 0.487 e. The van der Waals surface area contributed by atoms with E-state index in [2.05, 4.69) is 4.98 Å². The Bertz CT molecular complexity index is 1020. The van der Waals surface area contributed by atoms with E-state index in [0.29, 0.717) is 22.8 Å². The zero-order valence-corrected chi connectivity index (χ0v) is 15.6. The van der Waals surface area contributed by atoms with E-state index in [0.717, 1.165) is 6.07 Å². The quantitative estimate of drug-likeness (QED) is 0.337. The van der Waals surface area contributed by atoms with Crippen molar-refractivity contribution in [2.45, 2.75) is 13.5 Å². The third kappa shape index (κ3) is 4.21. The third-order valence-corrected chi connectivity index (χ3v) is 4.64. The van der Waals surface area contributed by atoms with Crippen LogP contribution in [0, 0.1) is 10.1 Å². The smallest absolute Gasteiger partial charge is 0.270 e. The van der Waals surface area contributed by atoms with Gasteiger partial charge in [-0.05, 0) is 18.2 Å². The van der Waals surface area contributed by atoms with Gasteiger partial charge >= 0.3 is 0 Å². The van der Waals surface area contributed by atoms with Gasteiger partial charge in [0, 0.05) is 24.4 Å². The Hall–Kier alpha value is -3.59. The van der Waals surface area contributed by atoms with E-state index in [1.807, 2.05) is 30.3 Å². The summed E-state index contributed by atoms with van der Waals surface area (Å²) < 4.78 is 5.59. The molecule has 8 nitrogen and oxygen atoms in total. The van der Waals surface area contributed by atoms with Crippen molar-refractivity contribution in [3.8, 4) is 5.75 Å². The highest BCUT2D eigenvalue weighted by Gasteiger charge is 2.18. The van der Waals surface area contributed by atoms with Crippen molar-refractivity contribution in [2.75, 3.05) is 4.90 Å². The third-order valence-electron chi connectivity index (χ3n) is 3.77. The minimum absolute atomic E-state index is 0.0513. The lowest BCUT2D eigenvalue weighted by Gasteiger charge is -2.17. The monoisotopic (exact) mass is 397 g/mol. The second kappa shape index (κ2) is 8.40. The first-order chi connectivity index (χ1) is 13.5. The average Bonchev–Trinajstić information content (AvgIpc) is 3.15. The number of benzene rings is 2. The first kappa shape index (κ1) is 19.2. The number of non-ortho nitro benzene ring substituents is 1. The molecule has 0 spiro atoms. The molecule has 9 heteroatoms. The first-order valence-corrected chi connectivity index (χ1v) is 9.04. The van der Waals surface area contributed by atoms with E-state index < -0.39 is 4.92 Å². The van der Waals surface area contributed by atoms with Crippen LogP contribution in [0.4, 0.5) is 16.5 Å². The molecule has 0 aliphatic heterocycles. The van der Waals surface area contributed by atoms with Crippen LogP contribution in [0.1, 0.15) is 23.0 Å². The van der Waals surface area contributed by atoms with E-state index in [4.69, 9.17) is 4.74 Å². The van der Waals surface area contributed by atoms with Gasteiger partial charge < -0.3 is 4.74 Å². The average molecular weight is 397 g/mol. The topological polar surface area (TPSA) is 103 Å². The lowest BCUT2D eigenvalue weighted by atomic mass is 10.2. The number of nitrogens with zero attached hydrogens (tertiary/aromatic N) is 3. The van der Waals surface area contributed by atoms with E-state index >= 15 is 0 Å². The predicted octanol–water partition coefficient (Wildman–Crippen LogP) is 4.13. The maximum Gasteiger partial charge on any atom is 0.270 e. The number of ether oxygens (including phenoxy) is 1. The molecule has 0 aliphatic carbocycles. The fraction of sp³-hybridized carbons (Fsp3) is 0.105. The molecule has 3 rings (SSSR count). The first-order valence-electron chi connectivity index (χ1n) is 8.16. The molecule has 2 aromatic carbocycles. The highest BCUT2D eigenvalue weighted by molar-refractivity contribution is 7.14. The number of nitro benzene ring substituents is 1. The van der Waals surface area contributed by atoms with E-state index in [1.165, 1.54) is 35.3 Å². The number of nitro groups is 1. The van der Waals surface area contributed by atoms with Crippen LogP contribution >= 0.6 is 11.3 Å². The SMILES string of the molecule is CC(=O)N(c1ccccc1)c1nc(COc2ccc([N+](=O)[O-])cc2C=O)cs1. The molecule has 0 N–H and O–H groups in total. The summed E-state index contributed by atoms with van der Waals surface area (Å²) in [6, 6.07) is 12.9. The number of hydrogen-bond acceptors (Lipinski definition) is 7. The number of carbonyl (C=O) groups excluding carboxylic acids is 2. The van der Waals surface area contributed by atoms with Crippen molar-refractivity contribution in [2.24, 2.45) is 0 Å². The minimum Gasteiger partial charge on any atom is -0.487 e. The van der Waals surface area contributed by atoms with Crippen LogP contribution < -0.4 is 9.64 Å². The number of amides is 1. The number of anilines is 2. The minimum atomic E-state index is -0.580. The molecule has 0 bridgehead atoms. The van der Waals surface area contributed by atoms with Crippen LogP contribution in [0.15, 0.2) is 53.9 Å².